The third-order valence-electron chi connectivity index (χ3n) is 6.02. The van der Waals surface area contributed by atoms with Crippen molar-refractivity contribution in [3.63, 3.8) is 0 Å². The first kappa shape index (κ1) is 21.0. The Morgan fingerprint density at radius 1 is 0.935 bits per heavy atom. The Labute approximate surface area is 183 Å². The molecule has 1 aliphatic rings. The Balaban J connectivity index is 1.58. The van der Waals surface area contributed by atoms with Crippen molar-refractivity contribution in [3.05, 3.63) is 77.4 Å². The molecular formula is C27H28N2O2. The predicted molar refractivity (Wildman–Crippen MR) is 127 cm³/mol. The molecule has 0 saturated carbocycles. The Hall–Kier alpha value is -3.24. The number of rotatable bonds is 6. The van der Waals surface area contributed by atoms with Gasteiger partial charge in [-0.15, -0.1) is 0 Å². The molecule has 3 aromatic carbocycles. The zero-order chi connectivity index (χ0) is 21.8. The Morgan fingerprint density at radius 2 is 1.61 bits per heavy atom. The topological polar surface area (TPSA) is 52.9 Å². The van der Waals surface area contributed by atoms with Crippen LogP contribution in [0.1, 0.15) is 40.7 Å². The third-order valence-corrected chi connectivity index (χ3v) is 6.02. The maximum Gasteiger partial charge on any atom is 0.337 e. The predicted octanol–water partition coefficient (Wildman–Crippen LogP) is 6.35. The first-order valence-electron chi connectivity index (χ1n) is 10.8. The highest BCUT2D eigenvalue weighted by Crippen LogP contribution is 2.32. The van der Waals surface area contributed by atoms with E-state index < -0.39 is 5.97 Å². The van der Waals surface area contributed by atoms with Crippen LogP contribution in [0, 0.1) is 6.92 Å². The van der Waals surface area contributed by atoms with Gasteiger partial charge in [-0.25, -0.2) is 4.79 Å². The highest BCUT2D eigenvalue weighted by molar-refractivity contribution is 5.96. The molecule has 0 spiro atoms. The summed E-state index contributed by atoms with van der Waals surface area (Å²) >= 11 is 0. The number of aliphatic imine (C=N–C) groups is 1. The number of aromatic carboxylic acids is 1. The minimum Gasteiger partial charge on any atom is -0.478 e. The summed E-state index contributed by atoms with van der Waals surface area (Å²) in [6.07, 6.45) is 3.95. The van der Waals surface area contributed by atoms with Crippen molar-refractivity contribution >= 4 is 18.4 Å². The van der Waals surface area contributed by atoms with E-state index in [4.69, 9.17) is 0 Å². The number of carboxylic acids is 1. The zero-order valence-electron chi connectivity index (χ0n) is 18.0. The van der Waals surface area contributed by atoms with Crippen LogP contribution in [0.3, 0.4) is 0 Å². The summed E-state index contributed by atoms with van der Waals surface area (Å²) < 4.78 is 0. The summed E-state index contributed by atoms with van der Waals surface area (Å²) in [4.78, 5) is 18.1. The van der Waals surface area contributed by atoms with Crippen molar-refractivity contribution < 1.29 is 9.90 Å². The lowest BCUT2D eigenvalue weighted by atomic mass is 9.96. The van der Waals surface area contributed by atoms with Gasteiger partial charge in [0.25, 0.3) is 0 Å². The standard InChI is InChI=1S/C27H28N2O2/c1-19-15-24(17-25(27(30)31)26(19)28-2)22-11-9-21(10-12-22)23-8-6-7-20(16-23)18-29-13-4-3-5-14-29/h6-12,15-17H,2-5,13-14,18H2,1H3,(H,30,31). The van der Waals surface area contributed by atoms with E-state index in [1.165, 1.54) is 43.5 Å². The molecule has 1 saturated heterocycles. The van der Waals surface area contributed by atoms with E-state index >= 15 is 0 Å². The van der Waals surface area contributed by atoms with Crippen LogP contribution < -0.4 is 0 Å². The molecule has 0 aliphatic carbocycles. The maximum absolute atomic E-state index is 11.6. The third kappa shape index (κ3) is 4.75. The van der Waals surface area contributed by atoms with E-state index in [-0.39, 0.29) is 5.56 Å². The van der Waals surface area contributed by atoms with Crippen molar-refractivity contribution in [2.75, 3.05) is 13.1 Å². The van der Waals surface area contributed by atoms with E-state index in [0.717, 1.165) is 28.8 Å². The van der Waals surface area contributed by atoms with Crippen LogP contribution in [0.4, 0.5) is 5.69 Å². The van der Waals surface area contributed by atoms with Crippen LogP contribution in [0.2, 0.25) is 0 Å². The second-order valence-corrected chi connectivity index (χ2v) is 8.27. The van der Waals surface area contributed by atoms with Gasteiger partial charge >= 0.3 is 5.97 Å². The number of benzene rings is 3. The SMILES string of the molecule is C=Nc1c(C)cc(-c2ccc(-c3cccc(CN4CCCCC4)c3)cc2)cc1C(=O)O. The molecule has 4 rings (SSSR count). The van der Waals surface area contributed by atoms with Crippen molar-refractivity contribution in [1.29, 1.82) is 0 Å². The number of carbonyl (C=O) groups is 1. The quantitative estimate of drug-likeness (QED) is 0.480. The molecule has 1 N–H and O–H groups in total. The van der Waals surface area contributed by atoms with Gasteiger partial charge < -0.3 is 5.11 Å². The fourth-order valence-electron chi connectivity index (χ4n) is 4.40. The molecule has 0 amide bonds. The summed E-state index contributed by atoms with van der Waals surface area (Å²) in [6, 6.07) is 20.7. The second kappa shape index (κ2) is 9.27. The van der Waals surface area contributed by atoms with Crippen molar-refractivity contribution in [2.45, 2.75) is 32.7 Å². The summed E-state index contributed by atoms with van der Waals surface area (Å²) in [5.74, 6) is -0.991. The monoisotopic (exact) mass is 412 g/mol. The van der Waals surface area contributed by atoms with Gasteiger partial charge in [-0.1, -0.05) is 48.9 Å². The fourth-order valence-corrected chi connectivity index (χ4v) is 4.40. The van der Waals surface area contributed by atoms with Crippen LogP contribution in [0.15, 0.2) is 65.7 Å². The largest absolute Gasteiger partial charge is 0.478 e. The fraction of sp³-hybridized carbons (Fsp3) is 0.259. The van der Waals surface area contributed by atoms with E-state index in [2.05, 4.69) is 53.0 Å². The van der Waals surface area contributed by atoms with Crippen LogP contribution in [0.5, 0.6) is 0 Å². The van der Waals surface area contributed by atoms with Crippen LogP contribution in [-0.4, -0.2) is 35.8 Å². The van der Waals surface area contributed by atoms with Gasteiger partial charge in [0.2, 0.25) is 0 Å². The average molecular weight is 413 g/mol. The number of hydrogen-bond acceptors (Lipinski definition) is 3. The zero-order valence-corrected chi connectivity index (χ0v) is 18.0. The van der Waals surface area contributed by atoms with Crippen LogP contribution in [0.25, 0.3) is 22.3 Å². The van der Waals surface area contributed by atoms with Crippen molar-refractivity contribution in [2.24, 2.45) is 4.99 Å². The highest BCUT2D eigenvalue weighted by atomic mass is 16.4. The maximum atomic E-state index is 11.6. The van der Waals surface area contributed by atoms with E-state index in [0.29, 0.717) is 5.69 Å². The van der Waals surface area contributed by atoms with E-state index in [9.17, 15) is 9.90 Å². The van der Waals surface area contributed by atoms with E-state index in [1.54, 1.807) is 6.07 Å². The molecule has 0 radical (unpaired) electrons. The number of piperidine rings is 1. The summed E-state index contributed by atoms with van der Waals surface area (Å²) in [6.45, 7) is 8.76. The van der Waals surface area contributed by atoms with Gasteiger partial charge in [0.05, 0.1) is 11.3 Å². The first-order valence-corrected chi connectivity index (χ1v) is 10.8. The van der Waals surface area contributed by atoms with Crippen molar-refractivity contribution in [1.82, 2.24) is 4.90 Å². The van der Waals surface area contributed by atoms with Gasteiger partial charge in [-0.3, -0.25) is 9.89 Å². The van der Waals surface area contributed by atoms with Gasteiger partial charge in [-0.2, -0.15) is 0 Å². The molecule has 0 atom stereocenters. The number of hydrogen-bond donors (Lipinski definition) is 1. The highest BCUT2D eigenvalue weighted by Gasteiger charge is 2.14. The Bertz CT molecular complexity index is 1100. The van der Waals surface area contributed by atoms with E-state index in [1.807, 2.05) is 25.1 Å². The van der Waals surface area contributed by atoms with Gasteiger partial charge in [0, 0.05) is 6.54 Å². The molecule has 3 aromatic rings. The van der Waals surface area contributed by atoms with Gasteiger partial charge in [0.1, 0.15) is 0 Å². The molecule has 1 heterocycles. The number of aryl methyl sites for hydroxylation is 1. The molecule has 158 valence electrons. The summed E-state index contributed by atoms with van der Waals surface area (Å²) in [5.41, 5.74) is 6.97. The molecule has 0 bridgehead atoms. The lowest BCUT2D eigenvalue weighted by Gasteiger charge is -2.26. The minimum absolute atomic E-state index is 0.180. The molecule has 31 heavy (non-hydrogen) atoms. The minimum atomic E-state index is -0.991. The summed E-state index contributed by atoms with van der Waals surface area (Å²) in [7, 11) is 0. The lowest BCUT2D eigenvalue weighted by molar-refractivity contribution is 0.0698. The molecule has 0 unspecified atom stereocenters. The number of nitrogens with zero attached hydrogens (tertiary/aromatic N) is 2. The molecule has 0 aromatic heterocycles. The molecule has 4 nitrogen and oxygen atoms in total. The normalized spacial score (nSPS) is 14.4. The first-order chi connectivity index (χ1) is 15.0. The number of carboxylic acid groups (broad SMARTS) is 1. The Kier molecular flexibility index (Phi) is 6.28. The Morgan fingerprint density at radius 3 is 2.26 bits per heavy atom. The van der Waals surface area contributed by atoms with Gasteiger partial charge in [-0.05, 0) is 91.2 Å². The molecule has 4 heteroatoms. The van der Waals surface area contributed by atoms with Crippen LogP contribution >= 0.6 is 0 Å². The second-order valence-electron chi connectivity index (χ2n) is 8.27. The van der Waals surface area contributed by atoms with Crippen molar-refractivity contribution in [3.8, 4) is 22.3 Å². The number of likely N-dealkylation sites (tertiary alicyclic amines) is 1. The van der Waals surface area contributed by atoms with Crippen LogP contribution in [-0.2, 0) is 6.54 Å². The molecular weight excluding hydrogens is 384 g/mol. The average Bonchev–Trinajstić information content (AvgIpc) is 2.79. The summed E-state index contributed by atoms with van der Waals surface area (Å²) in [5, 5.41) is 9.54. The smallest absolute Gasteiger partial charge is 0.337 e. The lowest BCUT2D eigenvalue weighted by Crippen LogP contribution is -2.29. The molecule has 1 fully saturated rings. The van der Waals surface area contributed by atoms with Gasteiger partial charge in [0.15, 0.2) is 0 Å². The molecule has 1 aliphatic heterocycles.